The maximum absolute atomic E-state index is 11.9. The van der Waals surface area contributed by atoms with Crippen molar-refractivity contribution in [3.8, 4) is 0 Å². The summed E-state index contributed by atoms with van der Waals surface area (Å²) >= 11 is 0. The maximum Gasteiger partial charge on any atom is 0.227 e. The van der Waals surface area contributed by atoms with Gasteiger partial charge in [0, 0.05) is 31.2 Å². The fraction of sp³-hybridized carbons (Fsp3) is 0.588. The molecule has 2 aliphatic rings. The lowest BCUT2D eigenvalue weighted by atomic mass is 9.84. The summed E-state index contributed by atoms with van der Waals surface area (Å²) in [6, 6.07) is 8.51. The average Bonchev–Trinajstić information content (AvgIpc) is 2.89. The summed E-state index contributed by atoms with van der Waals surface area (Å²) in [5, 5.41) is 9.18. The highest BCUT2D eigenvalue weighted by atomic mass is 16.3. The summed E-state index contributed by atoms with van der Waals surface area (Å²) in [4.78, 5) is 13.8. The van der Waals surface area contributed by atoms with Gasteiger partial charge in [-0.3, -0.25) is 4.79 Å². The molecule has 108 valence electrons. The monoisotopic (exact) mass is 273 g/mol. The molecule has 2 fully saturated rings. The lowest BCUT2D eigenvalue weighted by Crippen LogP contribution is -2.24. The smallest absolute Gasteiger partial charge is 0.227 e. The third kappa shape index (κ3) is 2.73. The number of aliphatic hydroxyl groups is 1. The van der Waals surface area contributed by atoms with Crippen LogP contribution in [-0.4, -0.2) is 24.2 Å². The number of hydrogen-bond acceptors (Lipinski definition) is 2. The van der Waals surface area contributed by atoms with E-state index in [9.17, 15) is 9.90 Å². The standard InChI is InChI=1S/C17H23NO2/c19-12-13-10-17(20)18(11-13)16-8-6-15(7-9-16)14-4-2-1-3-5-14/h6-9,13-14,19H,1-5,10-12H2. The highest BCUT2D eigenvalue weighted by Gasteiger charge is 2.30. The van der Waals surface area contributed by atoms with Crippen LogP contribution < -0.4 is 4.90 Å². The van der Waals surface area contributed by atoms with E-state index in [0.717, 1.165) is 5.69 Å². The topological polar surface area (TPSA) is 40.5 Å². The Morgan fingerprint density at radius 1 is 1.10 bits per heavy atom. The minimum absolute atomic E-state index is 0.0977. The molecule has 20 heavy (non-hydrogen) atoms. The number of amides is 1. The molecular formula is C17H23NO2. The van der Waals surface area contributed by atoms with Gasteiger partial charge in [0.15, 0.2) is 0 Å². The molecule has 3 heteroatoms. The third-order valence-corrected chi connectivity index (χ3v) is 4.74. The van der Waals surface area contributed by atoms with E-state index in [4.69, 9.17) is 0 Å². The molecule has 1 aromatic carbocycles. The van der Waals surface area contributed by atoms with Gasteiger partial charge in [0.1, 0.15) is 0 Å². The van der Waals surface area contributed by atoms with Crippen LogP contribution in [0.1, 0.15) is 50.0 Å². The summed E-state index contributed by atoms with van der Waals surface area (Å²) in [6.45, 7) is 0.751. The van der Waals surface area contributed by atoms with Crippen LogP contribution >= 0.6 is 0 Å². The molecule has 0 bridgehead atoms. The highest BCUT2D eigenvalue weighted by Crippen LogP contribution is 2.34. The number of anilines is 1. The first kappa shape index (κ1) is 13.6. The quantitative estimate of drug-likeness (QED) is 0.919. The van der Waals surface area contributed by atoms with E-state index >= 15 is 0 Å². The van der Waals surface area contributed by atoms with Crippen molar-refractivity contribution < 1.29 is 9.90 Å². The largest absolute Gasteiger partial charge is 0.396 e. The van der Waals surface area contributed by atoms with Crippen LogP contribution in [0.5, 0.6) is 0 Å². The van der Waals surface area contributed by atoms with Crippen LogP contribution in [0.4, 0.5) is 5.69 Å². The summed E-state index contributed by atoms with van der Waals surface area (Å²) in [7, 11) is 0. The molecule has 1 N–H and O–H groups in total. The van der Waals surface area contributed by atoms with Crippen LogP contribution in [0.25, 0.3) is 0 Å². The van der Waals surface area contributed by atoms with E-state index in [1.54, 1.807) is 0 Å². The summed E-state index contributed by atoms with van der Waals surface area (Å²) in [6.07, 6.45) is 7.13. The molecular weight excluding hydrogens is 250 g/mol. The predicted octanol–water partition coefficient (Wildman–Crippen LogP) is 3.08. The minimum atomic E-state index is 0.0977. The van der Waals surface area contributed by atoms with Gasteiger partial charge in [0.2, 0.25) is 5.91 Å². The third-order valence-electron chi connectivity index (χ3n) is 4.74. The Morgan fingerprint density at radius 3 is 2.40 bits per heavy atom. The molecule has 1 atom stereocenters. The van der Waals surface area contributed by atoms with E-state index in [0.29, 0.717) is 18.9 Å². The second kappa shape index (κ2) is 5.96. The van der Waals surface area contributed by atoms with E-state index in [1.165, 1.54) is 37.7 Å². The number of hydrogen-bond donors (Lipinski definition) is 1. The van der Waals surface area contributed by atoms with E-state index in [2.05, 4.69) is 24.3 Å². The van der Waals surface area contributed by atoms with Gasteiger partial charge in [-0.05, 0) is 36.5 Å². The molecule has 3 nitrogen and oxygen atoms in total. The van der Waals surface area contributed by atoms with Crippen molar-refractivity contribution in [1.29, 1.82) is 0 Å². The molecule has 0 radical (unpaired) electrons. The van der Waals surface area contributed by atoms with Gasteiger partial charge < -0.3 is 10.0 Å². The normalized spacial score (nSPS) is 24.4. The van der Waals surface area contributed by atoms with Crippen molar-refractivity contribution in [1.82, 2.24) is 0 Å². The minimum Gasteiger partial charge on any atom is -0.396 e. The second-order valence-electron chi connectivity index (χ2n) is 6.18. The Morgan fingerprint density at radius 2 is 1.80 bits per heavy atom. The second-order valence-corrected chi connectivity index (χ2v) is 6.18. The van der Waals surface area contributed by atoms with Crippen molar-refractivity contribution in [2.45, 2.75) is 44.4 Å². The fourth-order valence-corrected chi connectivity index (χ4v) is 3.52. The molecule has 1 amide bonds. The zero-order valence-corrected chi connectivity index (χ0v) is 11.9. The molecule has 1 saturated carbocycles. The van der Waals surface area contributed by atoms with Crippen LogP contribution in [-0.2, 0) is 4.79 Å². The van der Waals surface area contributed by atoms with Gasteiger partial charge in [0.25, 0.3) is 0 Å². The molecule has 0 aromatic heterocycles. The van der Waals surface area contributed by atoms with Gasteiger partial charge in [-0.25, -0.2) is 0 Å². The summed E-state index contributed by atoms with van der Waals surface area (Å²) in [5.41, 5.74) is 2.39. The molecule has 1 aromatic rings. The summed E-state index contributed by atoms with van der Waals surface area (Å²) in [5.74, 6) is 0.937. The molecule has 1 saturated heterocycles. The zero-order chi connectivity index (χ0) is 13.9. The first-order valence-electron chi connectivity index (χ1n) is 7.79. The Labute approximate surface area is 120 Å². The van der Waals surface area contributed by atoms with Gasteiger partial charge >= 0.3 is 0 Å². The van der Waals surface area contributed by atoms with E-state index in [1.807, 2.05) is 4.90 Å². The fourth-order valence-electron chi connectivity index (χ4n) is 3.52. The number of carbonyl (C=O) groups excluding carboxylic acids is 1. The van der Waals surface area contributed by atoms with Crippen molar-refractivity contribution in [2.24, 2.45) is 5.92 Å². The molecule has 1 heterocycles. The lowest BCUT2D eigenvalue weighted by molar-refractivity contribution is -0.117. The Bertz CT molecular complexity index is 462. The summed E-state index contributed by atoms with van der Waals surface area (Å²) < 4.78 is 0. The zero-order valence-electron chi connectivity index (χ0n) is 11.9. The van der Waals surface area contributed by atoms with E-state index in [-0.39, 0.29) is 18.4 Å². The highest BCUT2D eigenvalue weighted by molar-refractivity contribution is 5.95. The molecule has 1 aliphatic carbocycles. The van der Waals surface area contributed by atoms with Crippen molar-refractivity contribution >= 4 is 11.6 Å². The first-order valence-corrected chi connectivity index (χ1v) is 7.79. The Balaban J connectivity index is 1.71. The van der Waals surface area contributed by atoms with Crippen molar-refractivity contribution in [2.75, 3.05) is 18.1 Å². The number of carbonyl (C=O) groups is 1. The van der Waals surface area contributed by atoms with Crippen LogP contribution in [0.3, 0.4) is 0 Å². The number of benzene rings is 1. The average molecular weight is 273 g/mol. The Kier molecular flexibility index (Phi) is 4.06. The first-order chi connectivity index (χ1) is 9.78. The molecule has 0 spiro atoms. The van der Waals surface area contributed by atoms with E-state index < -0.39 is 0 Å². The van der Waals surface area contributed by atoms with Crippen LogP contribution in [0.2, 0.25) is 0 Å². The predicted molar refractivity (Wildman–Crippen MR) is 79.8 cm³/mol. The number of nitrogens with zero attached hydrogens (tertiary/aromatic N) is 1. The van der Waals surface area contributed by atoms with Gasteiger partial charge in [-0.1, -0.05) is 31.4 Å². The number of rotatable bonds is 3. The maximum atomic E-state index is 11.9. The SMILES string of the molecule is O=C1CC(CO)CN1c1ccc(C2CCCCC2)cc1. The van der Waals surface area contributed by atoms with Gasteiger partial charge in [-0.15, -0.1) is 0 Å². The van der Waals surface area contributed by atoms with Crippen molar-refractivity contribution in [3.05, 3.63) is 29.8 Å². The Hall–Kier alpha value is -1.35. The number of aliphatic hydroxyl groups excluding tert-OH is 1. The molecule has 1 aliphatic heterocycles. The van der Waals surface area contributed by atoms with Gasteiger partial charge in [-0.2, -0.15) is 0 Å². The molecule has 3 rings (SSSR count). The van der Waals surface area contributed by atoms with Crippen LogP contribution in [0.15, 0.2) is 24.3 Å². The van der Waals surface area contributed by atoms with Gasteiger partial charge in [0.05, 0.1) is 0 Å². The van der Waals surface area contributed by atoms with Crippen LogP contribution in [0, 0.1) is 5.92 Å². The van der Waals surface area contributed by atoms with Crippen molar-refractivity contribution in [3.63, 3.8) is 0 Å². The molecule has 1 unspecified atom stereocenters. The lowest BCUT2D eigenvalue weighted by Gasteiger charge is -2.23.